The van der Waals surface area contributed by atoms with Crippen LogP contribution in [0, 0.1) is 0 Å². The zero-order valence-corrected chi connectivity index (χ0v) is 13.2. The van der Waals surface area contributed by atoms with Crippen molar-refractivity contribution < 1.29 is 13.2 Å². The van der Waals surface area contributed by atoms with E-state index in [1.54, 1.807) is 30.1 Å². The summed E-state index contributed by atoms with van der Waals surface area (Å²) in [5, 5.41) is 2.89. The summed E-state index contributed by atoms with van der Waals surface area (Å²) in [5.74, 6) is -0.0151. The Labute approximate surface area is 125 Å². The molecule has 2 N–H and O–H groups in total. The molecule has 1 aliphatic heterocycles. The minimum atomic E-state index is -3.50. The van der Waals surface area contributed by atoms with Crippen molar-refractivity contribution in [2.24, 2.45) is 0 Å². The fourth-order valence-corrected chi connectivity index (χ4v) is 3.54. The van der Waals surface area contributed by atoms with Gasteiger partial charge in [-0.3, -0.25) is 4.79 Å². The molecule has 2 rings (SSSR count). The normalized spacial score (nSPS) is 14.9. The minimum Gasteiger partial charge on any atom is -0.318 e. The highest BCUT2D eigenvalue weighted by Crippen LogP contribution is 2.29. The maximum Gasteiger partial charge on any atom is 0.240 e. The lowest BCUT2D eigenvalue weighted by molar-refractivity contribution is -0.116. The summed E-state index contributed by atoms with van der Waals surface area (Å²) >= 11 is 0. The van der Waals surface area contributed by atoms with Crippen LogP contribution in [0.15, 0.2) is 23.1 Å². The van der Waals surface area contributed by atoms with Gasteiger partial charge in [0.25, 0.3) is 0 Å². The molecular formula is C14H21N3O3S. The molecule has 6 nitrogen and oxygen atoms in total. The van der Waals surface area contributed by atoms with E-state index in [1.807, 2.05) is 0 Å². The summed E-state index contributed by atoms with van der Waals surface area (Å²) in [6, 6.07) is 4.95. The van der Waals surface area contributed by atoms with Crippen LogP contribution in [0.4, 0.5) is 5.69 Å². The van der Waals surface area contributed by atoms with Crippen molar-refractivity contribution >= 4 is 21.6 Å². The largest absolute Gasteiger partial charge is 0.318 e. The highest BCUT2D eigenvalue weighted by molar-refractivity contribution is 7.89. The van der Waals surface area contributed by atoms with Gasteiger partial charge in [0, 0.05) is 32.2 Å². The molecule has 0 spiro atoms. The third kappa shape index (κ3) is 3.61. The number of anilines is 1. The number of likely N-dealkylation sites (N-methyl/N-ethyl adjacent to an activating group) is 1. The Morgan fingerprint density at radius 2 is 2.10 bits per heavy atom. The Balaban J connectivity index is 2.27. The van der Waals surface area contributed by atoms with Gasteiger partial charge in [-0.2, -0.15) is 0 Å². The molecule has 0 atom stereocenters. The summed E-state index contributed by atoms with van der Waals surface area (Å²) in [4.78, 5) is 13.6. The van der Waals surface area contributed by atoms with Crippen LogP contribution in [0.2, 0.25) is 0 Å². The quantitative estimate of drug-likeness (QED) is 0.776. The maximum atomic E-state index is 12.2. The average Bonchev–Trinajstić information content (AvgIpc) is 2.46. The van der Waals surface area contributed by atoms with Crippen LogP contribution in [0.5, 0.6) is 0 Å². The minimum absolute atomic E-state index is 0.0151. The number of amides is 1. The van der Waals surface area contributed by atoms with Crippen molar-refractivity contribution in [2.75, 3.05) is 31.6 Å². The number of carbonyl (C=O) groups is 1. The molecule has 0 aliphatic carbocycles. The molecule has 1 aliphatic rings. The van der Waals surface area contributed by atoms with Gasteiger partial charge in [-0.05, 0) is 43.7 Å². The summed E-state index contributed by atoms with van der Waals surface area (Å²) in [6.45, 7) is 3.13. The standard InChI is InChI=1S/C14H21N3O3S/c1-11(18)17-9-3-4-12-10-13(5-6-14(12)17)21(19,20)16-8-7-15-2/h5-6,10,15-16H,3-4,7-9H2,1-2H3. The number of aryl methyl sites for hydroxylation is 1. The van der Waals surface area contributed by atoms with Gasteiger partial charge in [0.2, 0.25) is 15.9 Å². The number of benzene rings is 1. The lowest BCUT2D eigenvalue weighted by Crippen LogP contribution is -2.34. The summed E-state index contributed by atoms with van der Waals surface area (Å²) in [7, 11) is -1.73. The summed E-state index contributed by atoms with van der Waals surface area (Å²) < 4.78 is 26.9. The maximum absolute atomic E-state index is 12.2. The van der Waals surface area contributed by atoms with E-state index >= 15 is 0 Å². The second-order valence-corrected chi connectivity index (χ2v) is 6.83. The van der Waals surface area contributed by atoms with E-state index in [0.29, 0.717) is 19.6 Å². The first-order chi connectivity index (χ1) is 9.95. The van der Waals surface area contributed by atoms with E-state index in [1.165, 1.54) is 6.92 Å². The summed E-state index contributed by atoms with van der Waals surface area (Å²) in [6.07, 6.45) is 1.64. The van der Waals surface area contributed by atoms with Crippen LogP contribution in [-0.2, 0) is 21.2 Å². The van der Waals surface area contributed by atoms with E-state index in [9.17, 15) is 13.2 Å². The average molecular weight is 311 g/mol. The van der Waals surface area contributed by atoms with Crippen LogP contribution in [-0.4, -0.2) is 41.0 Å². The second-order valence-electron chi connectivity index (χ2n) is 5.07. The lowest BCUT2D eigenvalue weighted by Gasteiger charge is -2.28. The van der Waals surface area contributed by atoms with Crippen molar-refractivity contribution in [3.05, 3.63) is 23.8 Å². The molecule has 116 valence electrons. The first kappa shape index (κ1) is 15.9. The Morgan fingerprint density at radius 3 is 2.76 bits per heavy atom. The van der Waals surface area contributed by atoms with Crippen molar-refractivity contribution in [2.45, 2.75) is 24.7 Å². The number of nitrogens with one attached hydrogen (secondary N) is 2. The third-order valence-corrected chi connectivity index (χ3v) is 4.99. The summed E-state index contributed by atoms with van der Waals surface area (Å²) in [5.41, 5.74) is 1.73. The number of carbonyl (C=O) groups excluding carboxylic acids is 1. The van der Waals surface area contributed by atoms with Gasteiger partial charge in [-0.25, -0.2) is 13.1 Å². The van der Waals surface area contributed by atoms with Crippen LogP contribution in [0.3, 0.4) is 0 Å². The molecule has 7 heteroatoms. The molecule has 1 amide bonds. The van der Waals surface area contributed by atoms with E-state index < -0.39 is 10.0 Å². The van der Waals surface area contributed by atoms with E-state index in [-0.39, 0.29) is 10.8 Å². The Hall–Kier alpha value is -1.44. The second kappa shape index (κ2) is 6.55. The number of hydrogen-bond donors (Lipinski definition) is 2. The molecule has 0 saturated carbocycles. The highest BCUT2D eigenvalue weighted by atomic mass is 32.2. The molecule has 1 aromatic rings. The van der Waals surface area contributed by atoms with E-state index in [0.717, 1.165) is 24.1 Å². The molecule has 0 bridgehead atoms. The van der Waals surface area contributed by atoms with Crippen molar-refractivity contribution in [1.29, 1.82) is 0 Å². The van der Waals surface area contributed by atoms with Gasteiger partial charge >= 0.3 is 0 Å². The molecule has 1 aromatic carbocycles. The predicted molar refractivity (Wildman–Crippen MR) is 81.9 cm³/mol. The zero-order valence-electron chi connectivity index (χ0n) is 12.3. The first-order valence-electron chi connectivity index (χ1n) is 7.01. The zero-order chi connectivity index (χ0) is 15.5. The Kier molecular flexibility index (Phi) is 4.97. The van der Waals surface area contributed by atoms with Crippen LogP contribution < -0.4 is 14.9 Å². The number of rotatable bonds is 5. The number of hydrogen-bond acceptors (Lipinski definition) is 4. The molecule has 0 radical (unpaired) electrons. The molecular weight excluding hydrogens is 290 g/mol. The van der Waals surface area contributed by atoms with E-state index in [2.05, 4.69) is 10.0 Å². The molecule has 0 aromatic heterocycles. The van der Waals surface area contributed by atoms with E-state index in [4.69, 9.17) is 0 Å². The van der Waals surface area contributed by atoms with Gasteiger partial charge in [0.05, 0.1) is 4.90 Å². The molecule has 0 unspecified atom stereocenters. The number of fused-ring (bicyclic) bond motifs is 1. The number of sulfonamides is 1. The van der Waals surface area contributed by atoms with Gasteiger partial charge in [0.15, 0.2) is 0 Å². The van der Waals surface area contributed by atoms with Crippen LogP contribution in [0.1, 0.15) is 18.9 Å². The predicted octanol–water partition coefficient (Wildman–Crippen LogP) is 0.483. The van der Waals surface area contributed by atoms with Crippen LogP contribution >= 0.6 is 0 Å². The van der Waals surface area contributed by atoms with Crippen molar-refractivity contribution in [3.8, 4) is 0 Å². The first-order valence-corrected chi connectivity index (χ1v) is 8.49. The third-order valence-electron chi connectivity index (χ3n) is 3.53. The molecule has 0 fully saturated rings. The fourth-order valence-electron chi connectivity index (χ4n) is 2.46. The SMILES string of the molecule is CNCCNS(=O)(=O)c1ccc2c(c1)CCCN2C(C)=O. The van der Waals surface area contributed by atoms with Gasteiger partial charge in [0.1, 0.15) is 0 Å². The lowest BCUT2D eigenvalue weighted by atomic mass is 10.0. The van der Waals surface area contributed by atoms with Crippen LogP contribution in [0.25, 0.3) is 0 Å². The Morgan fingerprint density at radius 1 is 1.33 bits per heavy atom. The molecule has 21 heavy (non-hydrogen) atoms. The Bertz CT molecular complexity index is 628. The van der Waals surface area contributed by atoms with Crippen molar-refractivity contribution in [3.63, 3.8) is 0 Å². The van der Waals surface area contributed by atoms with Gasteiger partial charge < -0.3 is 10.2 Å². The monoisotopic (exact) mass is 311 g/mol. The van der Waals surface area contributed by atoms with Gasteiger partial charge in [-0.15, -0.1) is 0 Å². The van der Waals surface area contributed by atoms with Gasteiger partial charge in [-0.1, -0.05) is 0 Å². The fraction of sp³-hybridized carbons (Fsp3) is 0.500. The molecule has 1 heterocycles. The van der Waals surface area contributed by atoms with Crippen molar-refractivity contribution in [1.82, 2.24) is 10.0 Å². The topological polar surface area (TPSA) is 78.5 Å². The molecule has 0 saturated heterocycles. The smallest absolute Gasteiger partial charge is 0.240 e. The highest BCUT2D eigenvalue weighted by Gasteiger charge is 2.22. The number of nitrogens with zero attached hydrogens (tertiary/aromatic N) is 1.